The topological polar surface area (TPSA) is 4.93 Å². The molecule has 0 atom stereocenters. The molecule has 0 unspecified atom stereocenters. The molecule has 0 amide bonds. The predicted octanol–water partition coefficient (Wildman–Crippen LogP) is 4.24. The van der Waals surface area contributed by atoms with Gasteiger partial charge in [0.05, 0.1) is 0 Å². The molecule has 1 nitrogen and oxygen atoms in total. The standard InChI is InChI=1S/C14H12IN/c1-9-3-5-11-12-6-4-10(15)8-14(12)16(2)13(11)7-9/h3-8H,1-2H3. The number of hydrogen-bond donors (Lipinski definition) is 0. The van der Waals surface area contributed by atoms with E-state index in [0.717, 1.165) is 0 Å². The van der Waals surface area contributed by atoms with Gasteiger partial charge in [-0.15, -0.1) is 0 Å². The van der Waals surface area contributed by atoms with Gasteiger partial charge in [0.25, 0.3) is 0 Å². The van der Waals surface area contributed by atoms with Crippen LogP contribution < -0.4 is 0 Å². The predicted molar refractivity (Wildman–Crippen MR) is 77.9 cm³/mol. The van der Waals surface area contributed by atoms with Crippen molar-refractivity contribution in [2.75, 3.05) is 0 Å². The number of fused-ring (bicyclic) bond motifs is 3. The molecule has 3 aromatic rings. The van der Waals surface area contributed by atoms with Crippen molar-refractivity contribution in [2.45, 2.75) is 6.92 Å². The van der Waals surface area contributed by atoms with Gasteiger partial charge in [-0.1, -0.05) is 18.2 Å². The van der Waals surface area contributed by atoms with Gasteiger partial charge in [-0.05, 0) is 53.3 Å². The van der Waals surface area contributed by atoms with Crippen LogP contribution in [0.3, 0.4) is 0 Å². The molecule has 2 aromatic carbocycles. The highest BCUT2D eigenvalue weighted by Crippen LogP contribution is 2.29. The summed E-state index contributed by atoms with van der Waals surface area (Å²) in [5, 5.41) is 2.69. The average Bonchev–Trinajstić information content (AvgIpc) is 2.53. The van der Waals surface area contributed by atoms with E-state index in [-0.39, 0.29) is 0 Å². The fourth-order valence-corrected chi connectivity index (χ4v) is 2.76. The van der Waals surface area contributed by atoms with E-state index in [1.54, 1.807) is 0 Å². The number of rotatable bonds is 0. The van der Waals surface area contributed by atoms with E-state index in [9.17, 15) is 0 Å². The largest absolute Gasteiger partial charge is 0.344 e. The quantitative estimate of drug-likeness (QED) is 0.546. The summed E-state index contributed by atoms with van der Waals surface area (Å²) in [5.41, 5.74) is 3.94. The molecular formula is C14H12IN. The summed E-state index contributed by atoms with van der Waals surface area (Å²) >= 11 is 2.36. The van der Waals surface area contributed by atoms with Crippen molar-refractivity contribution < 1.29 is 0 Å². The summed E-state index contributed by atoms with van der Waals surface area (Å²) in [6.45, 7) is 2.14. The molecule has 0 fully saturated rings. The van der Waals surface area contributed by atoms with Gasteiger partial charge in [0.1, 0.15) is 0 Å². The molecule has 0 aliphatic heterocycles. The number of nitrogens with zero attached hydrogens (tertiary/aromatic N) is 1. The maximum absolute atomic E-state index is 2.36. The van der Waals surface area contributed by atoms with Gasteiger partial charge in [-0.25, -0.2) is 0 Å². The van der Waals surface area contributed by atoms with Crippen molar-refractivity contribution in [1.82, 2.24) is 4.57 Å². The molecule has 0 N–H and O–H groups in total. The van der Waals surface area contributed by atoms with Crippen LogP contribution >= 0.6 is 22.6 Å². The van der Waals surface area contributed by atoms with Crippen LogP contribution in [0.15, 0.2) is 36.4 Å². The Kier molecular flexibility index (Phi) is 2.21. The Morgan fingerprint density at radius 2 is 1.56 bits per heavy atom. The molecule has 3 rings (SSSR count). The summed E-state index contributed by atoms with van der Waals surface area (Å²) in [6.07, 6.45) is 0. The minimum atomic E-state index is 1.28. The second-order valence-corrected chi connectivity index (χ2v) is 5.49. The maximum atomic E-state index is 2.36. The Balaban J connectivity index is 2.59. The van der Waals surface area contributed by atoms with Gasteiger partial charge in [0, 0.05) is 32.4 Å². The third-order valence-corrected chi connectivity index (χ3v) is 3.80. The lowest BCUT2D eigenvalue weighted by Gasteiger charge is -1.98. The molecule has 0 spiro atoms. The number of benzene rings is 2. The highest BCUT2D eigenvalue weighted by molar-refractivity contribution is 14.1. The lowest BCUT2D eigenvalue weighted by atomic mass is 10.1. The van der Waals surface area contributed by atoms with Crippen LogP contribution in [0.2, 0.25) is 0 Å². The monoisotopic (exact) mass is 321 g/mol. The minimum Gasteiger partial charge on any atom is -0.344 e. The zero-order valence-corrected chi connectivity index (χ0v) is 11.4. The van der Waals surface area contributed by atoms with E-state index >= 15 is 0 Å². The van der Waals surface area contributed by atoms with Gasteiger partial charge in [0.2, 0.25) is 0 Å². The smallest absolute Gasteiger partial charge is 0.0499 e. The van der Waals surface area contributed by atoms with E-state index in [0.29, 0.717) is 0 Å². The van der Waals surface area contributed by atoms with Crippen LogP contribution in [0.25, 0.3) is 21.8 Å². The average molecular weight is 321 g/mol. The Labute approximate surface area is 108 Å². The molecule has 0 saturated heterocycles. The molecule has 0 aliphatic carbocycles. The van der Waals surface area contributed by atoms with Crippen molar-refractivity contribution in [2.24, 2.45) is 7.05 Å². The number of hydrogen-bond acceptors (Lipinski definition) is 0. The van der Waals surface area contributed by atoms with E-state index in [2.05, 4.69) is 77.5 Å². The third kappa shape index (κ3) is 1.36. The van der Waals surface area contributed by atoms with Crippen LogP contribution in [-0.4, -0.2) is 4.57 Å². The number of aryl methyl sites for hydroxylation is 2. The number of aromatic nitrogens is 1. The van der Waals surface area contributed by atoms with Gasteiger partial charge in [-0.2, -0.15) is 0 Å². The molecule has 0 bridgehead atoms. The molecule has 1 heterocycles. The Morgan fingerprint density at radius 1 is 0.938 bits per heavy atom. The molecular weight excluding hydrogens is 309 g/mol. The maximum Gasteiger partial charge on any atom is 0.0499 e. The second kappa shape index (κ2) is 3.48. The lowest BCUT2D eigenvalue weighted by Crippen LogP contribution is -1.87. The highest BCUT2D eigenvalue weighted by Gasteiger charge is 2.07. The van der Waals surface area contributed by atoms with E-state index in [1.807, 2.05) is 0 Å². The van der Waals surface area contributed by atoms with Crippen LogP contribution in [0.4, 0.5) is 0 Å². The van der Waals surface area contributed by atoms with Gasteiger partial charge in [0.15, 0.2) is 0 Å². The van der Waals surface area contributed by atoms with Crippen molar-refractivity contribution in [3.8, 4) is 0 Å². The van der Waals surface area contributed by atoms with Crippen LogP contribution in [-0.2, 0) is 7.05 Å². The summed E-state index contributed by atoms with van der Waals surface area (Å²) in [6, 6.07) is 13.3. The Hall–Kier alpha value is -1.03. The molecule has 16 heavy (non-hydrogen) atoms. The van der Waals surface area contributed by atoms with Crippen LogP contribution in [0, 0.1) is 10.5 Å². The summed E-state index contributed by atoms with van der Waals surface area (Å²) in [7, 11) is 2.14. The first-order valence-corrected chi connectivity index (χ1v) is 6.39. The first kappa shape index (κ1) is 10.1. The SMILES string of the molecule is Cc1ccc2c3ccc(I)cc3n(C)c2c1. The first-order valence-electron chi connectivity index (χ1n) is 5.31. The molecule has 2 heteroatoms. The van der Waals surface area contributed by atoms with Crippen LogP contribution in [0.1, 0.15) is 5.56 Å². The fraction of sp³-hybridized carbons (Fsp3) is 0.143. The van der Waals surface area contributed by atoms with Gasteiger partial charge < -0.3 is 4.57 Å². The zero-order chi connectivity index (χ0) is 11.3. The first-order chi connectivity index (χ1) is 7.66. The Morgan fingerprint density at radius 3 is 2.31 bits per heavy atom. The zero-order valence-electron chi connectivity index (χ0n) is 9.29. The van der Waals surface area contributed by atoms with E-state index in [4.69, 9.17) is 0 Å². The van der Waals surface area contributed by atoms with Crippen LogP contribution in [0.5, 0.6) is 0 Å². The highest BCUT2D eigenvalue weighted by atomic mass is 127. The summed E-state index contributed by atoms with van der Waals surface area (Å²) < 4.78 is 3.56. The summed E-state index contributed by atoms with van der Waals surface area (Å²) in [4.78, 5) is 0. The number of halogens is 1. The molecule has 1 aromatic heterocycles. The fourth-order valence-electron chi connectivity index (χ4n) is 2.29. The third-order valence-electron chi connectivity index (χ3n) is 3.13. The lowest BCUT2D eigenvalue weighted by molar-refractivity contribution is 1.01. The van der Waals surface area contributed by atoms with Crippen molar-refractivity contribution >= 4 is 44.4 Å². The molecule has 0 saturated carbocycles. The Bertz CT molecular complexity index is 635. The van der Waals surface area contributed by atoms with Crippen molar-refractivity contribution in [3.63, 3.8) is 0 Å². The molecule has 80 valence electrons. The molecule has 0 radical (unpaired) electrons. The molecule has 0 aliphatic rings. The van der Waals surface area contributed by atoms with Gasteiger partial charge >= 0.3 is 0 Å². The van der Waals surface area contributed by atoms with E-state index in [1.165, 1.54) is 30.9 Å². The van der Waals surface area contributed by atoms with E-state index < -0.39 is 0 Å². The van der Waals surface area contributed by atoms with Crippen molar-refractivity contribution in [3.05, 3.63) is 45.5 Å². The normalized spacial score (nSPS) is 11.4. The van der Waals surface area contributed by atoms with Gasteiger partial charge in [-0.3, -0.25) is 0 Å². The van der Waals surface area contributed by atoms with Crippen molar-refractivity contribution in [1.29, 1.82) is 0 Å². The summed E-state index contributed by atoms with van der Waals surface area (Å²) in [5.74, 6) is 0. The minimum absolute atomic E-state index is 1.28. The second-order valence-electron chi connectivity index (χ2n) is 4.24.